The monoisotopic (exact) mass is 256 g/mol. The molecule has 6 heteroatoms. The summed E-state index contributed by atoms with van der Waals surface area (Å²) in [6.45, 7) is 2.73. The Hall–Kier alpha value is -1.56. The molecular weight excluding hydrogens is 240 g/mol. The highest BCUT2D eigenvalue weighted by atomic mass is 32.2. The highest BCUT2D eigenvalue weighted by Gasteiger charge is 2.38. The molecule has 1 aromatic carbocycles. The molecule has 5 nitrogen and oxygen atoms in total. The predicted octanol–water partition coefficient (Wildman–Crippen LogP) is 1.03. The van der Waals surface area contributed by atoms with Crippen molar-refractivity contribution in [2.75, 3.05) is 17.3 Å². The van der Waals surface area contributed by atoms with Crippen LogP contribution in [0.2, 0.25) is 0 Å². The third-order valence-electron chi connectivity index (χ3n) is 2.62. The van der Waals surface area contributed by atoms with Crippen LogP contribution in [0.4, 0.5) is 11.4 Å². The lowest BCUT2D eigenvalue weighted by Crippen LogP contribution is -2.43. The number of hydrogen-bond acceptors (Lipinski definition) is 4. The Bertz CT molecular complexity index is 535. The number of amides is 1. The third-order valence-corrected chi connectivity index (χ3v) is 4.66. The summed E-state index contributed by atoms with van der Waals surface area (Å²) in [5.41, 5.74) is 6.54. The van der Waals surface area contributed by atoms with Crippen molar-refractivity contribution in [3.8, 4) is 0 Å². The van der Waals surface area contributed by atoms with Crippen molar-refractivity contribution in [3.05, 3.63) is 24.3 Å². The zero-order chi connectivity index (χ0) is 13.3. The first-order valence-electron chi connectivity index (χ1n) is 5.01. The first kappa shape index (κ1) is 13.5. The van der Waals surface area contributed by atoms with Crippen LogP contribution in [0.1, 0.15) is 13.8 Å². The SMILES string of the molecule is CC(C)(C(=O)Nc1cccc(N)c1)S(C)(=O)=O. The molecule has 17 heavy (non-hydrogen) atoms. The fourth-order valence-electron chi connectivity index (χ4n) is 1.07. The molecule has 94 valence electrons. The van der Waals surface area contributed by atoms with Gasteiger partial charge in [-0.15, -0.1) is 0 Å². The topological polar surface area (TPSA) is 89.3 Å². The predicted molar refractivity (Wildman–Crippen MR) is 68.4 cm³/mol. The molecule has 0 aliphatic heterocycles. The van der Waals surface area contributed by atoms with Gasteiger partial charge in [0.05, 0.1) is 0 Å². The smallest absolute Gasteiger partial charge is 0.245 e. The lowest BCUT2D eigenvalue weighted by Gasteiger charge is -2.21. The molecule has 0 heterocycles. The van der Waals surface area contributed by atoms with Gasteiger partial charge in [0.15, 0.2) is 9.84 Å². The summed E-state index contributed by atoms with van der Waals surface area (Å²) in [6, 6.07) is 6.57. The Balaban J connectivity index is 2.95. The molecule has 0 fully saturated rings. The third kappa shape index (κ3) is 2.97. The van der Waals surface area contributed by atoms with Gasteiger partial charge in [-0.1, -0.05) is 6.07 Å². The van der Waals surface area contributed by atoms with E-state index in [1.165, 1.54) is 13.8 Å². The van der Waals surface area contributed by atoms with E-state index in [9.17, 15) is 13.2 Å². The number of nitrogen functional groups attached to an aromatic ring is 1. The second-order valence-electron chi connectivity index (χ2n) is 4.36. The summed E-state index contributed by atoms with van der Waals surface area (Å²) in [5, 5.41) is 2.53. The number of rotatable bonds is 3. The number of anilines is 2. The summed E-state index contributed by atoms with van der Waals surface area (Å²) < 4.78 is 21.5. The van der Waals surface area contributed by atoms with E-state index < -0.39 is 20.5 Å². The number of carbonyl (C=O) groups excluding carboxylic acids is 1. The number of carbonyl (C=O) groups is 1. The van der Waals surface area contributed by atoms with Crippen LogP contribution in [0.3, 0.4) is 0 Å². The second-order valence-corrected chi connectivity index (χ2v) is 6.93. The fraction of sp³-hybridized carbons (Fsp3) is 0.364. The zero-order valence-electron chi connectivity index (χ0n) is 10.0. The van der Waals surface area contributed by atoms with Gasteiger partial charge < -0.3 is 11.1 Å². The van der Waals surface area contributed by atoms with E-state index in [-0.39, 0.29) is 0 Å². The van der Waals surface area contributed by atoms with Crippen LogP contribution in [0.25, 0.3) is 0 Å². The molecule has 0 saturated heterocycles. The van der Waals surface area contributed by atoms with Gasteiger partial charge in [0.25, 0.3) is 0 Å². The molecule has 1 aromatic rings. The van der Waals surface area contributed by atoms with Gasteiger partial charge >= 0.3 is 0 Å². The van der Waals surface area contributed by atoms with Gasteiger partial charge in [0, 0.05) is 17.6 Å². The van der Waals surface area contributed by atoms with Crippen molar-refractivity contribution in [2.24, 2.45) is 0 Å². The number of nitrogens with one attached hydrogen (secondary N) is 1. The van der Waals surface area contributed by atoms with Gasteiger partial charge in [0.1, 0.15) is 4.75 Å². The Kier molecular flexibility index (Phi) is 3.47. The zero-order valence-corrected chi connectivity index (χ0v) is 10.8. The second kappa shape index (κ2) is 4.37. The molecular formula is C11H16N2O3S. The van der Waals surface area contributed by atoms with Crippen molar-refractivity contribution in [2.45, 2.75) is 18.6 Å². The minimum absolute atomic E-state index is 0.478. The molecule has 1 rings (SSSR count). The van der Waals surface area contributed by atoms with Crippen LogP contribution >= 0.6 is 0 Å². The fourth-order valence-corrected chi connectivity index (χ4v) is 1.45. The summed E-state index contributed by atoms with van der Waals surface area (Å²) in [4.78, 5) is 11.9. The number of benzene rings is 1. The minimum Gasteiger partial charge on any atom is -0.399 e. The first-order chi connectivity index (χ1) is 7.64. The molecule has 0 atom stereocenters. The summed E-state index contributed by atoms with van der Waals surface area (Å²) >= 11 is 0. The highest BCUT2D eigenvalue weighted by Crippen LogP contribution is 2.19. The minimum atomic E-state index is -3.48. The van der Waals surface area contributed by atoms with Crippen LogP contribution < -0.4 is 11.1 Å². The maximum atomic E-state index is 11.9. The number of nitrogens with two attached hydrogens (primary N) is 1. The molecule has 0 aliphatic carbocycles. The summed E-state index contributed by atoms with van der Waals surface area (Å²) in [5.74, 6) is -0.578. The molecule has 0 unspecified atom stereocenters. The van der Waals surface area contributed by atoms with Gasteiger partial charge in [-0.2, -0.15) is 0 Å². The van der Waals surface area contributed by atoms with E-state index in [0.29, 0.717) is 11.4 Å². The largest absolute Gasteiger partial charge is 0.399 e. The van der Waals surface area contributed by atoms with E-state index in [1.54, 1.807) is 24.3 Å². The molecule has 0 saturated carbocycles. The van der Waals surface area contributed by atoms with Crippen molar-refractivity contribution in [3.63, 3.8) is 0 Å². The normalized spacial score (nSPS) is 12.2. The Morgan fingerprint density at radius 3 is 2.41 bits per heavy atom. The Morgan fingerprint density at radius 2 is 1.94 bits per heavy atom. The van der Waals surface area contributed by atoms with Gasteiger partial charge in [0.2, 0.25) is 5.91 Å². The van der Waals surface area contributed by atoms with E-state index in [4.69, 9.17) is 5.73 Å². The lowest BCUT2D eigenvalue weighted by molar-refractivity contribution is -0.117. The maximum absolute atomic E-state index is 11.9. The Labute approximate surface area is 101 Å². The quantitative estimate of drug-likeness (QED) is 0.790. The Morgan fingerprint density at radius 1 is 1.35 bits per heavy atom. The van der Waals surface area contributed by atoms with E-state index in [0.717, 1.165) is 6.26 Å². The lowest BCUT2D eigenvalue weighted by atomic mass is 10.2. The van der Waals surface area contributed by atoms with E-state index in [1.807, 2.05) is 0 Å². The van der Waals surface area contributed by atoms with Crippen molar-refractivity contribution in [1.82, 2.24) is 0 Å². The van der Waals surface area contributed by atoms with Crippen LogP contribution in [0.15, 0.2) is 24.3 Å². The molecule has 1 amide bonds. The average Bonchev–Trinajstić information content (AvgIpc) is 2.15. The van der Waals surface area contributed by atoms with E-state index >= 15 is 0 Å². The highest BCUT2D eigenvalue weighted by molar-refractivity contribution is 7.92. The molecule has 0 radical (unpaired) electrons. The maximum Gasteiger partial charge on any atom is 0.245 e. The summed E-state index contributed by atoms with van der Waals surface area (Å²) in [7, 11) is -3.48. The van der Waals surface area contributed by atoms with Crippen molar-refractivity contribution in [1.29, 1.82) is 0 Å². The van der Waals surface area contributed by atoms with Crippen LogP contribution in [0, 0.1) is 0 Å². The first-order valence-corrected chi connectivity index (χ1v) is 6.90. The average molecular weight is 256 g/mol. The van der Waals surface area contributed by atoms with Crippen LogP contribution in [-0.2, 0) is 14.6 Å². The van der Waals surface area contributed by atoms with Crippen LogP contribution in [-0.4, -0.2) is 25.3 Å². The van der Waals surface area contributed by atoms with Gasteiger partial charge in [-0.25, -0.2) is 8.42 Å². The number of hydrogen-bond donors (Lipinski definition) is 2. The summed E-state index contributed by atoms with van der Waals surface area (Å²) in [6.07, 6.45) is 1.03. The molecule has 0 aliphatic rings. The molecule has 0 spiro atoms. The molecule has 3 N–H and O–H groups in total. The van der Waals surface area contributed by atoms with Crippen molar-refractivity contribution >= 4 is 27.1 Å². The molecule has 0 bridgehead atoms. The van der Waals surface area contributed by atoms with Crippen LogP contribution in [0.5, 0.6) is 0 Å². The standard InChI is InChI=1S/C11H16N2O3S/c1-11(2,17(3,15)16)10(14)13-9-6-4-5-8(12)7-9/h4-7H,12H2,1-3H3,(H,13,14). The number of sulfone groups is 1. The molecule has 0 aromatic heterocycles. The van der Waals surface area contributed by atoms with Gasteiger partial charge in [-0.3, -0.25) is 4.79 Å². The van der Waals surface area contributed by atoms with Gasteiger partial charge in [-0.05, 0) is 32.0 Å². The van der Waals surface area contributed by atoms with E-state index in [2.05, 4.69) is 5.32 Å². The van der Waals surface area contributed by atoms with Crippen molar-refractivity contribution < 1.29 is 13.2 Å².